The lowest BCUT2D eigenvalue weighted by molar-refractivity contribution is 0.104. The number of ketones is 1. The van der Waals surface area contributed by atoms with Crippen molar-refractivity contribution >= 4 is 53.2 Å². The molecule has 104 valence electrons. The highest BCUT2D eigenvalue weighted by Gasteiger charge is 2.29. The Labute approximate surface area is 139 Å². The standard InChI is InChI=1S/C19H9BrOS/c20-10-5-6-12-15(9-10)18(21)14-8-7-13-11-3-1-2-4-16(11)22-19(13)17(12)14/h1-9H. The number of fused-ring (bicyclic) bond motifs is 7. The maximum Gasteiger partial charge on any atom is 0.194 e. The highest BCUT2D eigenvalue weighted by atomic mass is 79.9. The minimum Gasteiger partial charge on any atom is -0.289 e. The average Bonchev–Trinajstić information content (AvgIpc) is 3.04. The highest BCUT2D eigenvalue weighted by molar-refractivity contribution is 9.10. The van der Waals surface area contributed by atoms with E-state index in [9.17, 15) is 4.79 Å². The molecule has 3 aromatic carbocycles. The molecule has 0 fully saturated rings. The third-order valence-corrected chi connectivity index (χ3v) is 5.98. The van der Waals surface area contributed by atoms with Crippen LogP contribution < -0.4 is 0 Å². The lowest BCUT2D eigenvalue weighted by atomic mass is 10.0. The van der Waals surface area contributed by atoms with Gasteiger partial charge in [-0.15, -0.1) is 11.3 Å². The van der Waals surface area contributed by atoms with Crippen LogP contribution in [0.15, 0.2) is 59.1 Å². The van der Waals surface area contributed by atoms with Crippen LogP contribution in [0, 0.1) is 0 Å². The Morgan fingerprint density at radius 1 is 0.818 bits per heavy atom. The van der Waals surface area contributed by atoms with Crippen molar-refractivity contribution in [1.29, 1.82) is 0 Å². The topological polar surface area (TPSA) is 17.1 Å². The summed E-state index contributed by atoms with van der Waals surface area (Å²) in [5, 5.41) is 2.51. The smallest absolute Gasteiger partial charge is 0.194 e. The zero-order chi connectivity index (χ0) is 14.8. The Hall–Kier alpha value is -1.97. The van der Waals surface area contributed by atoms with Gasteiger partial charge < -0.3 is 0 Å². The SMILES string of the molecule is O=C1c2cc(Br)ccc2-c2c1ccc1c2sc2ccccc21. The number of carbonyl (C=O) groups excluding carboxylic acids is 1. The van der Waals surface area contributed by atoms with Crippen molar-refractivity contribution in [3.05, 3.63) is 70.2 Å². The third kappa shape index (κ3) is 1.50. The van der Waals surface area contributed by atoms with Gasteiger partial charge in [-0.3, -0.25) is 4.79 Å². The maximum atomic E-state index is 12.7. The molecule has 1 heterocycles. The first-order valence-electron chi connectivity index (χ1n) is 7.03. The van der Waals surface area contributed by atoms with Crippen molar-refractivity contribution in [3.8, 4) is 11.1 Å². The van der Waals surface area contributed by atoms with Gasteiger partial charge in [0, 0.05) is 41.3 Å². The normalized spacial score (nSPS) is 12.9. The van der Waals surface area contributed by atoms with Crippen LogP contribution in [0.3, 0.4) is 0 Å². The molecule has 0 N–H and O–H groups in total. The van der Waals surface area contributed by atoms with Crippen molar-refractivity contribution in [1.82, 2.24) is 0 Å². The van der Waals surface area contributed by atoms with Crippen molar-refractivity contribution in [2.75, 3.05) is 0 Å². The van der Waals surface area contributed by atoms with Crippen LogP contribution in [0.1, 0.15) is 15.9 Å². The number of benzene rings is 3. The second-order valence-electron chi connectivity index (χ2n) is 5.48. The molecule has 0 amide bonds. The molecule has 0 saturated carbocycles. The Kier molecular flexibility index (Phi) is 2.44. The molecule has 0 atom stereocenters. The molecule has 0 saturated heterocycles. The molecule has 1 aliphatic carbocycles. The fourth-order valence-electron chi connectivity index (χ4n) is 3.31. The lowest BCUT2D eigenvalue weighted by Crippen LogP contribution is -1.94. The van der Waals surface area contributed by atoms with Gasteiger partial charge in [0.05, 0.1) is 0 Å². The Balaban J connectivity index is 1.99. The van der Waals surface area contributed by atoms with Crippen LogP contribution in [0.2, 0.25) is 0 Å². The zero-order valence-corrected chi connectivity index (χ0v) is 13.8. The number of carbonyl (C=O) groups is 1. The molecule has 4 aromatic rings. The first-order valence-corrected chi connectivity index (χ1v) is 8.64. The summed E-state index contributed by atoms with van der Waals surface area (Å²) in [5.41, 5.74) is 3.79. The van der Waals surface area contributed by atoms with Crippen LogP contribution in [0.25, 0.3) is 31.3 Å². The maximum absolute atomic E-state index is 12.7. The van der Waals surface area contributed by atoms with Gasteiger partial charge in [-0.25, -0.2) is 0 Å². The predicted octanol–water partition coefficient (Wildman–Crippen LogP) is 6.03. The summed E-state index contributed by atoms with van der Waals surface area (Å²) in [5.74, 6) is 0.130. The van der Waals surface area contributed by atoms with Crippen LogP contribution in [-0.2, 0) is 0 Å². The summed E-state index contributed by atoms with van der Waals surface area (Å²) < 4.78 is 3.43. The number of thiophene rings is 1. The van der Waals surface area contributed by atoms with Crippen LogP contribution in [-0.4, -0.2) is 5.78 Å². The molecular formula is C19H9BrOS. The van der Waals surface area contributed by atoms with E-state index < -0.39 is 0 Å². The highest BCUT2D eigenvalue weighted by Crippen LogP contribution is 2.46. The molecule has 1 aliphatic rings. The third-order valence-electron chi connectivity index (χ3n) is 4.29. The predicted molar refractivity (Wildman–Crippen MR) is 95.9 cm³/mol. The number of hydrogen-bond acceptors (Lipinski definition) is 2. The fraction of sp³-hybridized carbons (Fsp3) is 0. The Morgan fingerprint density at radius 3 is 2.55 bits per heavy atom. The van der Waals surface area contributed by atoms with Crippen LogP contribution >= 0.6 is 27.3 Å². The van der Waals surface area contributed by atoms with Gasteiger partial charge in [-0.05, 0) is 29.8 Å². The lowest BCUT2D eigenvalue weighted by Gasteiger charge is -2.02. The Bertz CT molecular complexity index is 1110. The first kappa shape index (κ1) is 12.6. The molecule has 0 unspecified atom stereocenters. The number of halogens is 1. The summed E-state index contributed by atoms with van der Waals surface area (Å²) in [7, 11) is 0. The minimum atomic E-state index is 0.130. The zero-order valence-electron chi connectivity index (χ0n) is 11.4. The van der Waals surface area contributed by atoms with Gasteiger partial charge in [-0.1, -0.05) is 46.3 Å². The van der Waals surface area contributed by atoms with E-state index >= 15 is 0 Å². The van der Waals surface area contributed by atoms with Gasteiger partial charge in [0.1, 0.15) is 0 Å². The summed E-state index contributed by atoms with van der Waals surface area (Å²) in [6.07, 6.45) is 0. The molecule has 1 aromatic heterocycles. The second-order valence-corrected chi connectivity index (χ2v) is 7.45. The summed E-state index contributed by atoms with van der Waals surface area (Å²) in [6, 6.07) is 18.5. The van der Waals surface area contributed by atoms with E-state index in [2.05, 4.69) is 46.3 Å². The van der Waals surface area contributed by atoms with E-state index in [1.807, 2.05) is 24.3 Å². The van der Waals surface area contributed by atoms with Crippen molar-refractivity contribution in [3.63, 3.8) is 0 Å². The summed E-state index contributed by atoms with van der Waals surface area (Å²) in [4.78, 5) is 12.7. The van der Waals surface area contributed by atoms with Crippen molar-refractivity contribution in [2.45, 2.75) is 0 Å². The largest absolute Gasteiger partial charge is 0.289 e. The molecule has 0 bridgehead atoms. The molecule has 0 radical (unpaired) electrons. The monoisotopic (exact) mass is 364 g/mol. The average molecular weight is 365 g/mol. The molecular weight excluding hydrogens is 356 g/mol. The minimum absolute atomic E-state index is 0.130. The first-order chi connectivity index (χ1) is 10.7. The number of hydrogen-bond donors (Lipinski definition) is 0. The number of rotatable bonds is 0. The summed E-state index contributed by atoms with van der Waals surface area (Å²) in [6.45, 7) is 0. The second kappa shape index (κ2) is 4.28. The van der Waals surface area contributed by atoms with E-state index in [1.54, 1.807) is 11.3 Å². The van der Waals surface area contributed by atoms with Gasteiger partial charge in [0.2, 0.25) is 0 Å². The van der Waals surface area contributed by atoms with Gasteiger partial charge in [0.15, 0.2) is 5.78 Å². The van der Waals surface area contributed by atoms with E-state index in [-0.39, 0.29) is 5.78 Å². The van der Waals surface area contributed by atoms with Crippen LogP contribution in [0.5, 0.6) is 0 Å². The fourth-order valence-corrected chi connectivity index (χ4v) is 4.94. The molecule has 5 rings (SSSR count). The van der Waals surface area contributed by atoms with Gasteiger partial charge in [-0.2, -0.15) is 0 Å². The van der Waals surface area contributed by atoms with E-state index in [0.29, 0.717) is 0 Å². The van der Waals surface area contributed by atoms with E-state index in [0.717, 1.165) is 26.7 Å². The van der Waals surface area contributed by atoms with Crippen molar-refractivity contribution in [2.24, 2.45) is 0 Å². The van der Waals surface area contributed by atoms with Crippen LogP contribution in [0.4, 0.5) is 0 Å². The quantitative estimate of drug-likeness (QED) is 0.328. The van der Waals surface area contributed by atoms with Crippen molar-refractivity contribution < 1.29 is 4.79 Å². The Morgan fingerprint density at radius 2 is 1.64 bits per heavy atom. The molecule has 0 aliphatic heterocycles. The van der Waals surface area contributed by atoms with E-state index in [1.165, 1.54) is 20.2 Å². The molecule has 0 spiro atoms. The molecule has 22 heavy (non-hydrogen) atoms. The van der Waals surface area contributed by atoms with E-state index in [4.69, 9.17) is 0 Å². The van der Waals surface area contributed by atoms with Gasteiger partial charge >= 0.3 is 0 Å². The summed E-state index contributed by atoms with van der Waals surface area (Å²) >= 11 is 5.24. The molecule has 3 heteroatoms. The van der Waals surface area contributed by atoms with Gasteiger partial charge in [0.25, 0.3) is 0 Å². The molecule has 1 nitrogen and oxygen atoms in total.